The van der Waals surface area contributed by atoms with Crippen molar-refractivity contribution in [2.75, 3.05) is 5.32 Å². The number of fused-ring (bicyclic) bond motifs is 1. The van der Waals surface area contributed by atoms with Crippen molar-refractivity contribution in [1.29, 1.82) is 0 Å². The Labute approximate surface area is 166 Å². The molecule has 5 rings (SSSR count). The lowest BCUT2D eigenvalue weighted by molar-refractivity contribution is -0.116. The number of aromatic hydroxyl groups is 1. The number of halogens is 1. The zero-order valence-corrected chi connectivity index (χ0v) is 15.6. The van der Waals surface area contributed by atoms with Gasteiger partial charge in [0, 0.05) is 34.2 Å². The van der Waals surface area contributed by atoms with E-state index in [1.807, 2.05) is 36.4 Å². The fourth-order valence-corrected chi connectivity index (χ4v) is 4.43. The molecule has 0 saturated heterocycles. The minimum Gasteiger partial charge on any atom is -0.508 e. The molecule has 0 saturated carbocycles. The highest BCUT2D eigenvalue weighted by Gasteiger charge is 2.40. The van der Waals surface area contributed by atoms with Crippen LogP contribution in [0.5, 0.6) is 5.75 Å². The maximum Gasteiger partial charge on any atom is 0.226 e. The summed E-state index contributed by atoms with van der Waals surface area (Å²) in [5, 5.41) is 18.4. The van der Waals surface area contributed by atoms with E-state index in [-0.39, 0.29) is 17.5 Å². The highest BCUT2D eigenvalue weighted by atomic mass is 35.5. The molecule has 1 aliphatic carbocycles. The number of benzene rings is 2. The van der Waals surface area contributed by atoms with Crippen LogP contribution in [0.2, 0.25) is 5.02 Å². The number of hydrogen-bond acceptors (Lipinski definition) is 5. The number of ketones is 1. The molecule has 140 valence electrons. The van der Waals surface area contributed by atoms with E-state index in [1.165, 1.54) is 6.33 Å². The molecule has 2 N–H and O–H groups in total. The van der Waals surface area contributed by atoms with Crippen LogP contribution in [0.15, 0.2) is 66.1 Å². The van der Waals surface area contributed by atoms with Crippen molar-refractivity contribution >= 4 is 23.3 Å². The number of aromatic nitrogens is 3. The molecule has 7 heteroatoms. The van der Waals surface area contributed by atoms with Crippen LogP contribution in [0.3, 0.4) is 0 Å². The lowest BCUT2D eigenvalue weighted by atomic mass is 9.77. The minimum absolute atomic E-state index is 0.0214. The average molecular weight is 393 g/mol. The first-order valence-electron chi connectivity index (χ1n) is 9.08. The molecule has 0 fully saturated rings. The molecule has 0 amide bonds. The van der Waals surface area contributed by atoms with Gasteiger partial charge in [0.1, 0.15) is 18.1 Å². The number of carbonyl (C=O) groups excluding carboxylic acids is 1. The van der Waals surface area contributed by atoms with Crippen molar-refractivity contribution in [2.24, 2.45) is 0 Å². The number of hydrogen-bond donors (Lipinski definition) is 2. The Kier molecular flexibility index (Phi) is 3.94. The second-order valence-corrected chi connectivity index (χ2v) is 7.46. The minimum atomic E-state index is -0.416. The van der Waals surface area contributed by atoms with Crippen molar-refractivity contribution in [3.05, 3.63) is 82.3 Å². The zero-order valence-electron chi connectivity index (χ0n) is 14.8. The molecule has 6 nitrogen and oxygen atoms in total. The molecular formula is C21H17ClN4O2. The smallest absolute Gasteiger partial charge is 0.226 e. The van der Waals surface area contributed by atoms with E-state index in [9.17, 15) is 9.90 Å². The molecule has 3 aromatic rings. The molecular weight excluding hydrogens is 376 g/mol. The lowest BCUT2D eigenvalue weighted by Gasteiger charge is -2.35. The first kappa shape index (κ1) is 17.0. The van der Waals surface area contributed by atoms with Gasteiger partial charge in [-0.25, -0.2) is 4.68 Å². The van der Waals surface area contributed by atoms with Gasteiger partial charge in [-0.1, -0.05) is 48.0 Å². The molecule has 0 radical (unpaired) electrons. The van der Waals surface area contributed by atoms with Crippen LogP contribution in [0.25, 0.3) is 0 Å². The Morgan fingerprint density at radius 2 is 1.82 bits per heavy atom. The number of anilines is 1. The Morgan fingerprint density at radius 1 is 1.07 bits per heavy atom. The fraction of sp³-hybridized carbons (Fsp3) is 0.190. The fourth-order valence-electron chi connectivity index (χ4n) is 4.19. The van der Waals surface area contributed by atoms with Crippen molar-refractivity contribution in [3.8, 4) is 5.75 Å². The predicted molar refractivity (Wildman–Crippen MR) is 105 cm³/mol. The van der Waals surface area contributed by atoms with E-state index in [1.54, 1.807) is 16.8 Å². The Bertz CT molecular complexity index is 1120. The second kappa shape index (κ2) is 6.49. The zero-order chi connectivity index (χ0) is 19.3. The van der Waals surface area contributed by atoms with Crippen LogP contribution in [-0.2, 0) is 4.79 Å². The average Bonchev–Trinajstić information content (AvgIpc) is 3.15. The van der Waals surface area contributed by atoms with Gasteiger partial charge in [-0.15, -0.1) is 0 Å². The van der Waals surface area contributed by atoms with Gasteiger partial charge in [0.15, 0.2) is 5.78 Å². The summed E-state index contributed by atoms with van der Waals surface area (Å²) in [6, 6.07) is 14.3. The van der Waals surface area contributed by atoms with Crippen molar-refractivity contribution < 1.29 is 9.90 Å². The molecule has 2 aliphatic rings. The quantitative estimate of drug-likeness (QED) is 0.687. The normalized spacial score (nSPS) is 21.1. The maximum absolute atomic E-state index is 13.3. The predicted octanol–water partition coefficient (Wildman–Crippen LogP) is 4.05. The van der Waals surface area contributed by atoms with Crippen molar-refractivity contribution in [1.82, 2.24) is 14.8 Å². The molecule has 2 unspecified atom stereocenters. The molecule has 2 atom stereocenters. The molecule has 0 spiro atoms. The maximum atomic E-state index is 13.3. The van der Waals surface area contributed by atoms with E-state index in [0.717, 1.165) is 16.8 Å². The molecule has 2 heterocycles. The van der Waals surface area contributed by atoms with Gasteiger partial charge in [-0.3, -0.25) is 4.79 Å². The summed E-state index contributed by atoms with van der Waals surface area (Å²) < 4.78 is 1.71. The number of nitrogens with one attached hydrogen (secondary N) is 1. The van der Waals surface area contributed by atoms with Crippen LogP contribution in [0.4, 0.5) is 5.95 Å². The van der Waals surface area contributed by atoms with Gasteiger partial charge in [0.2, 0.25) is 5.95 Å². The van der Waals surface area contributed by atoms with Crippen LogP contribution in [-0.4, -0.2) is 25.7 Å². The number of phenolic OH excluding ortho intramolecular Hbond substituents is 1. The molecule has 2 aromatic carbocycles. The highest BCUT2D eigenvalue weighted by molar-refractivity contribution is 6.31. The Morgan fingerprint density at radius 3 is 2.61 bits per heavy atom. The van der Waals surface area contributed by atoms with E-state index >= 15 is 0 Å². The molecule has 28 heavy (non-hydrogen) atoms. The summed E-state index contributed by atoms with van der Waals surface area (Å²) in [6.45, 7) is 0. The van der Waals surface area contributed by atoms with Crippen LogP contribution < -0.4 is 5.32 Å². The highest BCUT2D eigenvalue weighted by Crippen LogP contribution is 2.46. The third-order valence-corrected chi connectivity index (χ3v) is 5.78. The van der Waals surface area contributed by atoms with Gasteiger partial charge in [-0.2, -0.15) is 10.1 Å². The standard InChI is InChI=1S/C21H17ClN4O2/c22-15-7-3-1-6-14(15)20-19-16(25-21-23-11-24-26(20)21)9-12(10-18(19)28)13-5-2-4-8-17(13)27/h1-8,11-12,20,27H,9-10H2,(H,23,24,25). The SMILES string of the molecule is O=C1CC(c2ccccc2O)CC2=C1C(c1ccccc1Cl)n1ncnc1N2. The summed E-state index contributed by atoms with van der Waals surface area (Å²) in [5.41, 5.74) is 3.08. The van der Waals surface area contributed by atoms with E-state index in [2.05, 4.69) is 15.4 Å². The van der Waals surface area contributed by atoms with Gasteiger partial charge < -0.3 is 10.4 Å². The second-order valence-electron chi connectivity index (χ2n) is 7.06. The number of allylic oxidation sites excluding steroid dienone is 2. The van der Waals surface area contributed by atoms with Crippen molar-refractivity contribution in [2.45, 2.75) is 24.8 Å². The third-order valence-electron chi connectivity index (χ3n) is 5.44. The number of nitrogens with zero attached hydrogens (tertiary/aromatic N) is 3. The monoisotopic (exact) mass is 392 g/mol. The van der Waals surface area contributed by atoms with E-state index < -0.39 is 6.04 Å². The first-order valence-corrected chi connectivity index (χ1v) is 9.46. The lowest BCUT2D eigenvalue weighted by Crippen LogP contribution is -2.33. The Balaban J connectivity index is 1.63. The number of para-hydroxylation sites is 1. The number of Topliss-reactive ketones (excluding diaryl/α,β-unsaturated/α-hetero) is 1. The summed E-state index contributed by atoms with van der Waals surface area (Å²) in [4.78, 5) is 17.6. The van der Waals surface area contributed by atoms with Crippen LogP contribution in [0, 0.1) is 0 Å². The van der Waals surface area contributed by atoms with Gasteiger partial charge >= 0.3 is 0 Å². The molecule has 1 aliphatic heterocycles. The molecule has 0 bridgehead atoms. The third kappa shape index (κ3) is 2.60. The summed E-state index contributed by atoms with van der Waals surface area (Å²) in [5.74, 6) is 0.717. The number of rotatable bonds is 2. The van der Waals surface area contributed by atoms with Crippen LogP contribution in [0.1, 0.15) is 35.9 Å². The van der Waals surface area contributed by atoms with Gasteiger partial charge in [-0.05, 0) is 24.1 Å². The molecule has 1 aromatic heterocycles. The van der Waals surface area contributed by atoms with Crippen molar-refractivity contribution in [3.63, 3.8) is 0 Å². The number of carbonyl (C=O) groups is 1. The van der Waals surface area contributed by atoms with Gasteiger partial charge in [0.05, 0.1) is 0 Å². The van der Waals surface area contributed by atoms with E-state index in [4.69, 9.17) is 11.6 Å². The first-order chi connectivity index (χ1) is 13.6. The largest absolute Gasteiger partial charge is 0.508 e. The Hall–Kier alpha value is -3.12. The summed E-state index contributed by atoms with van der Waals surface area (Å²) in [6.07, 6.45) is 2.39. The van der Waals surface area contributed by atoms with Gasteiger partial charge in [0.25, 0.3) is 0 Å². The summed E-state index contributed by atoms with van der Waals surface area (Å²) in [7, 11) is 0. The van der Waals surface area contributed by atoms with Crippen LogP contribution >= 0.6 is 11.6 Å². The van der Waals surface area contributed by atoms with E-state index in [0.29, 0.717) is 29.4 Å². The number of phenols is 1. The topological polar surface area (TPSA) is 80.0 Å². The summed E-state index contributed by atoms with van der Waals surface area (Å²) >= 11 is 6.47.